The number of carbonyl (C=O) groups excluding carboxylic acids is 1. The van der Waals surface area contributed by atoms with Gasteiger partial charge in [0.2, 0.25) is 0 Å². The van der Waals surface area contributed by atoms with Gasteiger partial charge in [0, 0.05) is 19.2 Å². The van der Waals surface area contributed by atoms with Crippen LogP contribution in [0.5, 0.6) is 0 Å². The highest BCUT2D eigenvalue weighted by Crippen LogP contribution is 2.26. The molecular weight excluding hydrogens is 214 g/mol. The Labute approximate surface area is 91.2 Å². The summed E-state index contributed by atoms with van der Waals surface area (Å²) in [7, 11) is 0. The van der Waals surface area contributed by atoms with Crippen molar-refractivity contribution in [2.24, 2.45) is 0 Å². The number of anilines is 2. The molecular formula is C11H10F2N2O. The Kier molecular flexibility index (Phi) is 2.60. The van der Waals surface area contributed by atoms with Crippen LogP contribution >= 0.6 is 0 Å². The molecule has 0 bridgehead atoms. The number of ketones is 1. The summed E-state index contributed by atoms with van der Waals surface area (Å²) in [5.74, 6) is -2.06. The molecule has 5 heteroatoms. The van der Waals surface area contributed by atoms with E-state index in [1.807, 2.05) is 0 Å². The monoisotopic (exact) mass is 224 g/mol. The summed E-state index contributed by atoms with van der Waals surface area (Å²) in [6, 6.07) is 2.70. The predicted octanol–water partition coefficient (Wildman–Crippen LogP) is 1.84. The molecule has 0 saturated carbocycles. The molecule has 0 fully saturated rings. The number of nitrogen functional groups attached to an aromatic ring is 1. The Balaban J connectivity index is 2.38. The molecule has 1 aliphatic rings. The second-order valence-corrected chi connectivity index (χ2v) is 3.53. The molecule has 0 aliphatic carbocycles. The molecule has 0 amide bonds. The number of hydrogen-bond acceptors (Lipinski definition) is 3. The summed E-state index contributed by atoms with van der Waals surface area (Å²) < 4.78 is 26.7. The Hall–Kier alpha value is -1.91. The maximum atomic E-state index is 13.5. The number of nitrogens with zero attached hydrogens (tertiary/aromatic N) is 1. The molecule has 84 valence electrons. The molecule has 2 N–H and O–H groups in total. The van der Waals surface area contributed by atoms with Gasteiger partial charge in [0.15, 0.2) is 17.4 Å². The quantitative estimate of drug-likeness (QED) is 0.740. The van der Waals surface area contributed by atoms with Crippen molar-refractivity contribution in [1.82, 2.24) is 0 Å². The SMILES string of the molecule is Nc1ccc(N2C=CC(=O)CC2)c(F)c1F. The van der Waals surface area contributed by atoms with Crippen molar-refractivity contribution >= 4 is 17.2 Å². The highest BCUT2D eigenvalue weighted by Gasteiger charge is 2.18. The van der Waals surface area contributed by atoms with E-state index < -0.39 is 11.6 Å². The third-order valence-corrected chi connectivity index (χ3v) is 2.44. The average Bonchev–Trinajstić information content (AvgIpc) is 2.28. The van der Waals surface area contributed by atoms with Crippen LogP contribution in [0.25, 0.3) is 0 Å². The normalized spacial score (nSPS) is 15.6. The van der Waals surface area contributed by atoms with Gasteiger partial charge in [-0.05, 0) is 18.2 Å². The lowest BCUT2D eigenvalue weighted by Gasteiger charge is -2.23. The van der Waals surface area contributed by atoms with Gasteiger partial charge in [-0.3, -0.25) is 4.79 Å². The van der Waals surface area contributed by atoms with Gasteiger partial charge in [0.25, 0.3) is 0 Å². The lowest BCUT2D eigenvalue weighted by atomic mass is 10.1. The average molecular weight is 224 g/mol. The standard InChI is InChI=1S/C11H10F2N2O/c12-10-8(14)1-2-9(11(10)13)15-5-3-7(16)4-6-15/h1-3,5H,4,6,14H2. The van der Waals surface area contributed by atoms with E-state index >= 15 is 0 Å². The van der Waals surface area contributed by atoms with Gasteiger partial charge in [-0.25, -0.2) is 8.78 Å². The van der Waals surface area contributed by atoms with Crippen molar-refractivity contribution < 1.29 is 13.6 Å². The van der Waals surface area contributed by atoms with Gasteiger partial charge >= 0.3 is 0 Å². The fraction of sp³-hybridized carbons (Fsp3) is 0.182. The van der Waals surface area contributed by atoms with E-state index in [0.29, 0.717) is 13.0 Å². The van der Waals surface area contributed by atoms with E-state index in [2.05, 4.69) is 0 Å². The molecule has 1 aromatic rings. The van der Waals surface area contributed by atoms with Crippen LogP contribution < -0.4 is 10.6 Å². The number of hydrogen-bond donors (Lipinski definition) is 1. The Morgan fingerprint density at radius 1 is 1.25 bits per heavy atom. The van der Waals surface area contributed by atoms with Crippen LogP contribution in [0.1, 0.15) is 6.42 Å². The lowest BCUT2D eigenvalue weighted by molar-refractivity contribution is -0.114. The van der Waals surface area contributed by atoms with Crippen molar-refractivity contribution in [2.75, 3.05) is 17.2 Å². The van der Waals surface area contributed by atoms with Gasteiger partial charge in [-0.2, -0.15) is 0 Å². The van der Waals surface area contributed by atoms with Gasteiger partial charge in [0.05, 0.1) is 11.4 Å². The molecule has 0 radical (unpaired) electrons. The predicted molar refractivity (Wildman–Crippen MR) is 56.9 cm³/mol. The van der Waals surface area contributed by atoms with Crippen molar-refractivity contribution in [1.29, 1.82) is 0 Å². The summed E-state index contributed by atoms with van der Waals surface area (Å²) >= 11 is 0. The first-order valence-electron chi connectivity index (χ1n) is 4.81. The molecule has 1 aromatic carbocycles. The summed E-state index contributed by atoms with van der Waals surface area (Å²) in [6.07, 6.45) is 3.08. The minimum atomic E-state index is -1.05. The van der Waals surface area contributed by atoms with Crippen LogP contribution in [-0.2, 0) is 4.79 Å². The maximum Gasteiger partial charge on any atom is 0.184 e. The van der Waals surface area contributed by atoms with Crippen LogP contribution in [0.2, 0.25) is 0 Å². The van der Waals surface area contributed by atoms with Gasteiger partial charge in [-0.15, -0.1) is 0 Å². The zero-order valence-electron chi connectivity index (χ0n) is 8.41. The molecule has 0 unspecified atom stereocenters. The first-order valence-corrected chi connectivity index (χ1v) is 4.81. The second-order valence-electron chi connectivity index (χ2n) is 3.53. The molecule has 0 atom stereocenters. The smallest absolute Gasteiger partial charge is 0.184 e. The third-order valence-electron chi connectivity index (χ3n) is 2.44. The summed E-state index contributed by atoms with van der Waals surface area (Å²) in [5.41, 5.74) is 5.10. The van der Waals surface area contributed by atoms with Gasteiger partial charge in [0.1, 0.15) is 0 Å². The first-order chi connectivity index (χ1) is 7.59. The Morgan fingerprint density at radius 2 is 2.00 bits per heavy atom. The zero-order valence-corrected chi connectivity index (χ0v) is 8.41. The van der Waals surface area contributed by atoms with E-state index in [1.165, 1.54) is 29.3 Å². The molecule has 1 aliphatic heterocycles. The van der Waals surface area contributed by atoms with E-state index in [0.717, 1.165) is 0 Å². The maximum absolute atomic E-state index is 13.5. The summed E-state index contributed by atoms with van der Waals surface area (Å²) in [4.78, 5) is 12.4. The number of rotatable bonds is 1. The van der Waals surface area contributed by atoms with Crippen LogP contribution in [0.15, 0.2) is 24.4 Å². The molecule has 0 saturated heterocycles. The summed E-state index contributed by atoms with van der Waals surface area (Å²) in [6.45, 7) is 0.343. The number of carbonyl (C=O) groups is 1. The Bertz CT molecular complexity index is 471. The lowest BCUT2D eigenvalue weighted by Crippen LogP contribution is -2.25. The molecule has 0 aromatic heterocycles. The minimum absolute atomic E-state index is 0.0208. The van der Waals surface area contributed by atoms with Crippen molar-refractivity contribution in [3.05, 3.63) is 36.0 Å². The van der Waals surface area contributed by atoms with Crippen molar-refractivity contribution in [3.63, 3.8) is 0 Å². The molecule has 0 spiro atoms. The van der Waals surface area contributed by atoms with Crippen LogP contribution in [0, 0.1) is 11.6 Å². The zero-order chi connectivity index (χ0) is 11.7. The topological polar surface area (TPSA) is 46.3 Å². The fourth-order valence-electron chi connectivity index (χ4n) is 1.54. The highest BCUT2D eigenvalue weighted by molar-refractivity contribution is 5.91. The number of benzene rings is 1. The second kappa shape index (κ2) is 3.92. The van der Waals surface area contributed by atoms with Crippen LogP contribution in [-0.4, -0.2) is 12.3 Å². The molecule has 1 heterocycles. The molecule has 16 heavy (non-hydrogen) atoms. The number of nitrogens with two attached hydrogens (primary N) is 1. The Morgan fingerprint density at radius 3 is 2.62 bits per heavy atom. The van der Waals surface area contributed by atoms with Crippen molar-refractivity contribution in [2.45, 2.75) is 6.42 Å². The van der Waals surface area contributed by atoms with E-state index in [4.69, 9.17) is 5.73 Å². The highest BCUT2D eigenvalue weighted by atomic mass is 19.2. The fourth-order valence-corrected chi connectivity index (χ4v) is 1.54. The van der Waals surface area contributed by atoms with Crippen LogP contribution in [0.3, 0.4) is 0 Å². The van der Waals surface area contributed by atoms with E-state index in [-0.39, 0.29) is 17.2 Å². The largest absolute Gasteiger partial charge is 0.396 e. The van der Waals surface area contributed by atoms with Gasteiger partial charge in [-0.1, -0.05) is 0 Å². The molecule has 2 rings (SSSR count). The number of allylic oxidation sites excluding steroid dienone is 1. The third kappa shape index (κ3) is 1.76. The number of halogens is 2. The van der Waals surface area contributed by atoms with E-state index in [1.54, 1.807) is 0 Å². The van der Waals surface area contributed by atoms with Gasteiger partial charge < -0.3 is 10.6 Å². The van der Waals surface area contributed by atoms with E-state index in [9.17, 15) is 13.6 Å². The molecule has 3 nitrogen and oxygen atoms in total. The summed E-state index contributed by atoms with van der Waals surface area (Å²) in [5, 5.41) is 0. The van der Waals surface area contributed by atoms with Crippen LogP contribution in [0.4, 0.5) is 20.2 Å². The minimum Gasteiger partial charge on any atom is -0.396 e. The first kappa shape index (κ1) is 10.6. The van der Waals surface area contributed by atoms with Crippen molar-refractivity contribution in [3.8, 4) is 0 Å².